The molecule has 15 heavy (non-hydrogen) atoms. The van der Waals surface area contributed by atoms with Crippen molar-refractivity contribution in [1.29, 1.82) is 0 Å². The maximum absolute atomic E-state index is 11.1. The van der Waals surface area contributed by atoms with Crippen LogP contribution < -0.4 is 10.9 Å². The van der Waals surface area contributed by atoms with Crippen molar-refractivity contribution in [3.8, 4) is 0 Å². The fourth-order valence-corrected chi connectivity index (χ4v) is 0.839. The number of amides is 1. The minimum Gasteiger partial charge on any atom is -0.372 e. The predicted molar refractivity (Wildman–Crippen MR) is 55.3 cm³/mol. The molecular weight excluding hydrogens is 220 g/mol. The summed E-state index contributed by atoms with van der Waals surface area (Å²) in [5, 5.41) is 0.293. The Labute approximate surface area is 92.0 Å². The largest absolute Gasteiger partial charge is 0.372 e. The zero-order valence-corrected chi connectivity index (χ0v) is 8.91. The molecule has 0 radical (unpaired) electrons. The second-order valence-corrected chi connectivity index (χ2v) is 2.92. The molecule has 2 N–H and O–H groups in total. The first-order valence-electron chi connectivity index (χ1n) is 4.32. The van der Waals surface area contributed by atoms with Crippen LogP contribution >= 0.6 is 11.6 Å². The number of halogens is 1. The molecule has 1 amide bonds. The van der Waals surface area contributed by atoms with E-state index in [0.717, 1.165) is 0 Å². The van der Waals surface area contributed by atoms with Crippen molar-refractivity contribution in [1.82, 2.24) is 15.4 Å². The first-order valence-corrected chi connectivity index (χ1v) is 4.70. The number of carbonyl (C=O) groups is 1. The average molecular weight is 231 g/mol. The van der Waals surface area contributed by atoms with Crippen LogP contribution in [0.2, 0.25) is 5.15 Å². The van der Waals surface area contributed by atoms with E-state index in [4.69, 9.17) is 16.3 Å². The standard InChI is InChI=1S/C8H11ClN4O2/c1-2-15-5-8(14)13-12-7-4-10-6(9)3-11-7/h3-4H,2,5H2,1H3,(H,11,12)(H,13,14). The van der Waals surface area contributed by atoms with E-state index in [9.17, 15) is 4.79 Å². The Morgan fingerprint density at radius 2 is 2.33 bits per heavy atom. The number of nitrogens with zero attached hydrogens (tertiary/aromatic N) is 2. The average Bonchev–Trinajstić information content (AvgIpc) is 2.25. The van der Waals surface area contributed by atoms with E-state index in [1.54, 1.807) is 0 Å². The third kappa shape index (κ3) is 4.57. The van der Waals surface area contributed by atoms with Crippen LogP contribution in [0.5, 0.6) is 0 Å². The molecule has 0 aliphatic rings. The summed E-state index contributed by atoms with van der Waals surface area (Å²) in [5.41, 5.74) is 4.96. The lowest BCUT2D eigenvalue weighted by Gasteiger charge is -2.06. The van der Waals surface area contributed by atoms with Gasteiger partial charge in [0.1, 0.15) is 11.8 Å². The summed E-state index contributed by atoms with van der Waals surface area (Å²) < 4.78 is 4.89. The molecule has 0 fully saturated rings. The highest BCUT2D eigenvalue weighted by molar-refractivity contribution is 6.29. The van der Waals surface area contributed by atoms with Gasteiger partial charge in [-0.2, -0.15) is 0 Å². The fourth-order valence-electron chi connectivity index (χ4n) is 0.741. The van der Waals surface area contributed by atoms with Crippen LogP contribution in [-0.4, -0.2) is 29.1 Å². The first kappa shape index (κ1) is 11.7. The highest BCUT2D eigenvalue weighted by Gasteiger charge is 2.00. The number of hydrazine groups is 1. The molecule has 0 saturated heterocycles. The van der Waals surface area contributed by atoms with Gasteiger partial charge >= 0.3 is 0 Å². The highest BCUT2D eigenvalue weighted by Crippen LogP contribution is 2.03. The Kier molecular flexibility index (Phi) is 4.79. The zero-order chi connectivity index (χ0) is 11.1. The monoisotopic (exact) mass is 230 g/mol. The van der Waals surface area contributed by atoms with Crippen molar-refractivity contribution in [2.24, 2.45) is 0 Å². The van der Waals surface area contributed by atoms with E-state index in [-0.39, 0.29) is 12.5 Å². The second kappa shape index (κ2) is 6.15. The van der Waals surface area contributed by atoms with Crippen LogP contribution in [0.25, 0.3) is 0 Å². The number of aromatic nitrogens is 2. The predicted octanol–water partition coefficient (Wildman–Crippen LogP) is 0.610. The van der Waals surface area contributed by atoms with Crippen LogP contribution in [0.15, 0.2) is 12.4 Å². The smallest absolute Gasteiger partial charge is 0.264 e. The molecule has 6 nitrogen and oxygen atoms in total. The lowest BCUT2D eigenvalue weighted by Crippen LogP contribution is -2.33. The number of hydrogen-bond acceptors (Lipinski definition) is 5. The quantitative estimate of drug-likeness (QED) is 0.725. The van der Waals surface area contributed by atoms with E-state index < -0.39 is 0 Å². The third-order valence-corrected chi connectivity index (χ3v) is 1.58. The van der Waals surface area contributed by atoms with Gasteiger partial charge in [0, 0.05) is 6.61 Å². The number of ether oxygens (including phenoxy) is 1. The molecule has 0 aliphatic carbocycles. The summed E-state index contributed by atoms with van der Waals surface area (Å²) in [6, 6.07) is 0. The van der Waals surface area contributed by atoms with Crippen LogP contribution in [-0.2, 0) is 9.53 Å². The van der Waals surface area contributed by atoms with Crippen LogP contribution in [0.4, 0.5) is 5.82 Å². The number of carbonyl (C=O) groups excluding carboxylic acids is 1. The Hall–Kier alpha value is -1.40. The van der Waals surface area contributed by atoms with Crippen molar-refractivity contribution >= 4 is 23.3 Å². The van der Waals surface area contributed by atoms with E-state index in [2.05, 4.69) is 20.8 Å². The van der Waals surface area contributed by atoms with E-state index in [1.807, 2.05) is 6.92 Å². The molecule has 0 aromatic carbocycles. The summed E-state index contributed by atoms with van der Waals surface area (Å²) in [6.07, 6.45) is 2.78. The molecule has 0 atom stereocenters. The Bertz CT molecular complexity index is 317. The maximum Gasteiger partial charge on any atom is 0.264 e. The molecule has 82 valence electrons. The molecule has 0 saturated carbocycles. The molecule has 0 spiro atoms. The Morgan fingerprint density at radius 3 is 2.93 bits per heavy atom. The molecule has 1 aromatic rings. The Balaban J connectivity index is 2.30. The number of hydrogen-bond donors (Lipinski definition) is 2. The van der Waals surface area contributed by atoms with Gasteiger partial charge in [0.05, 0.1) is 12.4 Å². The van der Waals surface area contributed by atoms with Crippen molar-refractivity contribution in [3.05, 3.63) is 17.5 Å². The topological polar surface area (TPSA) is 76.1 Å². The fraction of sp³-hybridized carbons (Fsp3) is 0.375. The SMILES string of the molecule is CCOCC(=O)NNc1cnc(Cl)cn1. The van der Waals surface area contributed by atoms with Gasteiger partial charge in [0.25, 0.3) is 5.91 Å². The lowest BCUT2D eigenvalue weighted by molar-refractivity contribution is -0.125. The van der Waals surface area contributed by atoms with E-state index in [0.29, 0.717) is 17.6 Å². The van der Waals surface area contributed by atoms with Crippen molar-refractivity contribution < 1.29 is 9.53 Å². The molecule has 0 bridgehead atoms. The third-order valence-electron chi connectivity index (χ3n) is 1.39. The van der Waals surface area contributed by atoms with Gasteiger partial charge in [-0.15, -0.1) is 0 Å². The molecule has 0 unspecified atom stereocenters. The van der Waals surface area contributed by atoms with Crippen LogP contribution in [0.3, 0.4) is 0 Å². The molecule has 1 aromatic heterocycles. The van der Waals surface area contributed by atoms with Gasteiger partial charge < -0.3 is 4.74 Å². The lowest BCUT2D eigenvalue weighted by atomic mass is 10.6. The van der Waals surface area contributed by atoms with Gasteiger partial charge in [-0.1, -0.05) is 11.6 Å². The number of rotatable bonds is 5. The van der Waals surface area contributed by atoms with E-state index >= 15 is 0 Å². The molecule has 0 aliphatic heterocycles. The summed E-state index contributed by atoms with van der Waals surface area (Å²) in [7, 11) is 0. The first-order chi connectivity index (χ1) is 7.22. The van der Waals surface area contributed by atoms with Crippen LogP contribution in [0.1, 0.15) is 6.92 Å². The normalized spacial score (nSPS) is 9.73. The Morgan fingerprint density at radius 1 is 1.53 bits per heavy atom. The summed E-state index contributed by atoms with van der Waals surface area (Å²) in [6.45, 7) is 2.31. The molecule has 1 heterocycles. The number of nitrogens with one attached hydrogen (secondary N) is 2. The van der Waals surface area contributed by atoms with Gasteiger partial charge in [-0.3, -0.25) is 15.6 Å². The summed E-state index contributed by atoms with van der Waals surface area (Å²) >= 11 is 5.53. The zero-order valence-electron chi connectivity index (χ0n) is 8.16. The van der Waals surface area contributed by atoms with Gasteiger partial charge in [-0.05, 0) is 6.92 Å². The summed E-state index contributed by atoms with van der Waals surface area (Å²) in [5.74, 6) is 0.123. The highest BCUT2D eigenvalue weighted by atomic mass is 35.5. The van der Waals surface area contributed by atoms with Crippen molar-refractivity contribution in [2.45, 2.75) is 6.92 Å². The van der Waals surface area contributed by atoms with Gasteiger partial charge in [0.15, 0.2) is 5.82 Å². The van der Waals surface area contributed by atoms with Gasteiger partial charge in [0.2, 0.25) is 0 Å². The minimum atomic E-state index is -0.284. The minimum absolute atomic E-state index is 0.00448. The van der Waals surface area contributed by atoms with Crippen molar-refractivity contribution in [3.63, 3.8) is 0 Å². The molecule has 1 rings (SSSR count). The van der Waals surface area contributed by atoms with Crippen LogP contribution in [0, 0.1) is 0 Å². The number of anilines is 1. The van der Waals surface area contributed by atoms with E-state index in [1.165, 1.54) is 12.4 Å². The van der Waals surface area contributed by atoms with Crippen molar-refractivity contribution in [2.75, 3.05) is 18.6 Å². The second-order valence-electron chi connectivity index (χ2n) is 2.53. The summed E-state index contributed by atoms with van der Waals surface area (Å²) in [4.78, 5) is 18.7. The molecule has 7 heteroatoms. The molecular formula is C8H11ClN4O2. The maximum atomic E-state index is 11.1. The van der Waals surface area contributed by atoms with Gasteiger partial charge in [-0.25, -0.2) is 9.97 Å².